The highest BCUT2D eigenvalue weighted by molar-refractivity contribution is 5.45. The van der Waals surface area contributed by atoms with E-state index in [0.29, 0.717) is 17.1 Å². The zero-order valence-electron chi connectivity index (χ0n) is 9.91. The molecule has 0 amide bonds. The third kappa shape index (κ3) is 3.61. The minimum absolute atomic E-state index is 0.287. The van der Waals surface area contributed by atoms with Gasteiger partial charge in [0, 0.05) is 6.54 Å². The van der Waals surface area contributed by atoms with Crippen LogP contribution >= 0.6 is 0 Å². The number of nitrogens with one attached hydrogen (secondary N) is 1. The van der Waals surface area contributed by atoms with Crippen LogP contribution in [-0.4, -0.2) is 4.98 Å². The molecule has 6 heteroatoms. The number of nitrogens with two attached hydrogens (primary N) is 1. The van der Waals surface area contributed by atoms with E-state index < -0.39 is 11.7 Å². The molecular formula is C13H12F3N3. The summed E-state index contributed by atoms with van der Waals surface area (Å²) in [6.45, 7) is 0.287. The quantitative estimate of drug-likeness (QED) is 0.897. The topological polar surface area (TPSA) is 50.9 Å². The lowest BCUT2D eigenvalue weighted by atomic mass is 10.1. The number of nitrogens with zero attached hydrogens (tertiary/aromatic N) is 1. The summed E-state index contributed by atoms with van der Waals surface area (Å²) in [5, 5.41) is 2.98. The molecule has 0 radical (unpaired) electrons. The van der Waals surface area contributed by atoms with Gasteiger partial charge in [-0.25, -0.2) is 4.98 Å². The molecule has 1 heterocycles. The van der Waals surface area contributed by atoms with E-state index in [9.17, 15) is 13.2 Å². The summed E-state index contributed by atoms with van der Waals surface area (Å²) in [6, 6.07) is 8.53. The van der Waals surface area contributed by atoms with Crippen LogP contribution in [0.5, 0.6) is 0 Å². The number of hydrogen-bond acceptors (Lipinski definition) is 3. The van der Waals surface area contributed by atoms with Crippen LogP contribution in [0.15, 0.2) is 42.6 Å². The Kier molecular flexibility index (Phi) is 3.59. The molecule has 0 atom stereocenters. The number of hydrogen-bond donors (Lipinski definition) is 2. The molecule has 100 valence electrons. The zero-order chi connectivity index (χ0) is 13.9. The standard InChI is InChI=1S/C13H12F3N3/c14-13(15,16)10-3-1-2-9(6-10)7-18-11-4-5-12(17)19-8-11/h1-6,8,18H,7H2,(H2,17,19). The van der Waals surface area contributed by atoms with Gasteiger partial charge in [0.05, 0.1) is 17.4 Å². The number of nitrogen functional groups attached to an aromatic ring is 1. The van der Waals surface area contributed by atoms with Crippen molar-refractivity contribution < 1.29 is 13.2 Å². The fourth-order valence-electron chi connectivity index (χ4n) is 1.57. The van der Waals surface area contributed by atoms with Gasteiger partial charge in [0.1, 0.15) is 5.82 Å². The monoisotopic (exact) mass is 267 g/mol. The minimum Gasteiger partial charge on any atom is -0.384 e. The lowest BCUT2D eigenvalue weighted by Crippen LogP contribution is -2.07. The molecular weight excluding hydrogens is 255 g/mol. The minimum atomic E-state index is -4.32. The van der Waals surface area contributed by atoms with E-state index in [1.807, 2.05) is 0 Å². The molecule has 0 spiro atoms. The first kappa shape index (κ1) is 13.2. The Labute approximate surface area is 108 Å². The first-order valence-corrected chi connectivity index (χ1v) is 5.57. The lowest BCUT2D eigenvalue weighted by molar-refractivity contribution is -0.137. The van der Waals surface area contributed by atoms with Crippen molar-refractivity contribution in [3.05, 3.63) is 53.7 Å². The first-order chi connectivity index (χ1) is 8.95. The molecule has 0 aliphatic rings. The van der Waals surface area contributed by atoms with E-state index in [1.165, 1.54) is 12.3 Å². The van der Waals surface area contributed by atoms with Crippen molar-refractivity contribution in [1.29, 1.82) is 0 Å². The number of aromatic nitrogens is 1. The van der Waals surface area contributed by atoms with Crippen molar-refractivity contribution in [2.24, 2.45) is 0 Å². The molecule has 0 aliphatic heterocycles. The average Bonchev–Trinajstić information content (AvgIpc) is 2.37. The number of benzene rings is 1. The van der Waals surface area contributed by atoms with E-state index in [0.717, 1.165) is 12.1 Å². The Hall–Kier alpha value is -2.24. The van der Waals surface area contributed by atoms with Crippen LogP contribution in [0.4, 0.5) is 24.7 Å². The zero-order valence-corrected chi connectivity index (χ0v) is 9.91. The fourth-order valence-corrected chi connectivity index (χ4v) is 1.57. The smallest absolute Gasteiger partial charge is 0.384 e. The van der Waals surface area contributed by atoms with Crippen LogP contribution in [0.25, 0.3) is 0 Å². The van der Waals surface area contributed by atoms with E-state index in [2.05, 4.69) is 10.3 Å². The van der Waals surface area contributed by atoms with Crippen molar-refractivity contribution >= 4 is 11.5 Å². The van der Waals surface area contributed by atoms with Gasteiger partial charge in [-0.05, 0) is 29.8 Å². The second-order valence-electron chi connectivity index (χ2n) is 4.02. The summed E-state index contributed by atoms with van der Waals surface area (Å²) in [6.07, 6.45) is -2.79. The summed E-state index contributed by atoms with van der Waals surface area (Å²) in [7, 11) is 0. The first-order valence-electron chi connectivity index (χ1n) is 5.57. The Balaban J connectivity index is 2.05. The predicted octanol–water partition coefficient (Wildman–Crippen LogP) is 3.29. The molecule has 0 saturated carbocycles. The number of anilines is 2. The molecule has 3 N–H and O–H groups in total. The molecule has 0 aliphatic carbocycles. The van der Waals surface area contributed by atoms with Crippen LogP contribution < -0.4 is 11.1 Å². The van der Waals surface area contributed by atoms with E-state index >= 15 is 0 Å². The molecule has 1 aromatic heterocycles. The van der Waals surface area contributed by atoms with E-state index in [-0.39, 0.29) is 6.54 Å². The second kappa shape index (κ2) is 5.17. The van der Waals surface area contributed by atoms with Crippen molar-refractivity contribution in [2.45, 2.75) is 12.7 Å². The van der Waals surface area contributed by atoms with Gasteiger partial charge in [-0.3, -0.25) is 0 Å². The SMILES string of the molecule is Nc1ccc(NCc2cccc(C(F)(F)F)c2)cn1. The van der Waals surface area contributed by atoms with Crippen LogP contribution in [0.2, 0.25) is 0 Å². The lowest BCUT2D eigenvalue weighted by Gasteiger charge is -2.10. The normalized spacial score (nSPS) is 11.3. The Morgan fingerprint density at radius 2 is 1.95 bits per heavy atom. The molecule has 0 bridgehead atoms. The molecule has 1 aromatic carbocycles. The summed E-state index contributed by atoms with van der Waals surface area (Å²) < 4.78 is 37.6. The Morgan fingerprint density at radius 1 is 1.16 bits per heavy atom. The van der Waals surface area contributed by atoms with Crippen LogP contribution in [0.3, 0.4) is 0 Å². The highest BCUT2D eigenvalue weighted by Crippen LogP contribution is 2.29. The summed E-state index contributed by atoms with van der Waals surface area (Å²) in [5.74, 6) is 0.393. The summed E-state index contributed by atoms with van der Waals surface area (Å²) in [4.78, 5) is 3.88. The molecule has 19 heavy (non-hydrogen) atoms. The van der Waals surface area contributed by atoms with Gasteiger partial charge >= 0.3 is 6.18 Å². The third-order valence-electron chi connectivity index (χ3n) is 2.54. The van der Waals surface area contributed by atoms with Gasteiger partial charge in [-0.1, -0.05) is 12.1 Å². The average molecular weight is 267 g/mol. The van der Waals surface area contributed by atoms with Gasteiger partial charge in [-0.15, -0.1) is 0 Å². The maximum atomic E-state index is 12.5. The molecule has 0 fully saturated rings. The molecule has 3 nitrogen and oxygen atoms in total. The number of halogens is 3. The largest absolute Gasteiger partial charge is 0.416 e. The number of alkyl halides is 3. The van der Waals surface area contributed by atoms with E-state index in [1.54, 1.807) is 18.2 Å². The van der Waals surface area contributed by atoms with Gasteiger partial charge in [0.25, 0.3) is 0 Å². The van der Waals surface area contributed by atoms with E-state index in [4.69, 9.17) is 5.73 Å². The summed E-state index contributed by atoms with van der Waals surface area (Å²) >= 11 is 0. The van der Waals surface area contributed by atoms with Crippen molar-refractivity contribution in [3.8, 4) is 0 Å². The number of rotatable bonds is 3. The molecule has 2 aromatic rings. The van der Waals surface area contributed by atoms with Crippen LogP contribution in [0, 0.1) is 0 Å². The molecule has 0 unspecified atom stereocenters. The van der Waals surface area contributed by atoms with Crippen molar-refractivity contribution in [2.75, 3.05) is 11.1 Å². The van der Waals surface area contributed by atoms with Gasteiger partial charge in [0.15, 0.2) is 0 Å². The highest BCUT2D eigenvalue weighted by Gasteiger charge is 2.30. The second-order valence-corrected chi connectivity index (χ2v) is 4.02. The number of pyridine rings is 1. The van der Waals surface area contributed by atoms with Gasteiger partial charge in [0.2, 0.25) is 0 Å². The fraction of sp³-hybridized carbons (Fsp3) is 0.154. The van der Waals surface area contributed by atoms with Crippen LogP contribution in [-0.2, 0) is 12.7 Å². The van der Waals surface area contributed by atoms with Crippen molar-refractivity contribution in [3.63, 3.8) is 0 Å². The Bertz CT molecular complexity index is 550. The molecule has 2 rings (SSSR count). The predicted molar refractivity (Wildman–Crippen MR) is 67.4 cm³/mol. The van der Waals surface area contributed by atoms with Crippen molar-refractivity contribution in [1.82, 2.24) is 4.98 Å². The Morgan fingerprint density at radius 3 is 2.58 bits per heavy atom. The third-order valence-corrected chi connectivity index (χ3v) is 2.54. The molecule has 0 saturated heterocycles. The van der Waals surface area contributed by atoms with Gasteiger partial charge < -0.3 is 11.1 Å². The van der Waals surface area contributed by atoms with Gasteiger partial charge in [-0.2, -0.15) is 13.2 Å². The maximum absolute atomic E-state index is 12.5. The highest BCUT2D eigenvalue weighted by atomic mass is 19.4. The maximum Gasteiger partial charge on any atom is 0.416 e. The van der Waals surface area contributed by atoms with Crippen LogP contribution in [0.1, 0.15) is 11.1 Å². The summed E-state index contributed by atoms with van der Waals surface area (Å²) in [5.41, 5.74) is 6.04.